The fraction of sp³-hybridized carbons (Fsp3) is 0.667. The molecule has 1 aromatic heterocycles. The standard InChI is InChI=1S/C12H21N3/c1-5-11(6-2)10(4)15-12-13-7-9(3)8-14-12/h7-8,10-11H,5-6H2,1-4H3,(H,13,14,15). The van der Waals surface area contributed by atoms with Gasteiger partial charge in [-0.05, 0) is 25.3 Å². The lowest BCUT2D eigenvalue weighted by Crippen LogP contribution is -2.26. The third-order valence-corrected chi connectivity index (χ3v) is 2.89. The second-order valence-corrected chi connectivity index (χ2v) is 4.09. The zero-order valence-electron chi connectivity index (χ0n) is 10.1. The molecule has 0 radical (unpaired) electrons. The minimum atomic E-state index is 0.433. The summed E-state index contributed by atoms with van der Waals surface area (Å²) in [5, 5.41) is 3.35. The van der Waals surface area contributed by atoms with E-state index in [2.05, 4.69) is 36.1 Å². The normalized spacial score (nSPS) is 12.9. The Morgan fingerprint density at radius 1 is 1.20 bits per heavy atom. The Morgan fingerprint density at radius 3 is 2.20 bits per heavy atom. The average molecular weight is 207 g/mol. The quantitative estimate of drug-likeness (QED) is 0.806. The van der Waals surface area contributed by atoms with Crippen molar-refractivity contribution in [1.29, 1.82) is 0 Å². The molecule has 0 aliphatic carbocycles. The summed E-state index contributed by atoms with van der Waals surface area (Å²) in [6.45, 7) is 8.64. The van der Waals surface area contributed by atoms with Gasteiger partial charge in [-0.2, -0.15) is 0 Å². The zero-order chi connectivity index (χ0) is 11.3. The first kappa shape index (κ1) is 12.0. The number of nitrogens with zero attached hydrogens (tertiary/aromatic N) is 2. The molecule has 0 saturated carbocycles. The number of aromatic nitrogens is 2. The molecule has 0 amide bonds. The first-order valence-corrected chi connectivity index (χ1v) is 5.72. The number of anilines is 1. The van der Waals surface area contributed by atoms with Crippen LogP contribution in [0.15, 0.2) is 12.4 Å². The molecular weight excluding hydrogens is 186 g/mol. The third-order valence-electron chi connectivity index (χ3n) is 2.89. The van der Waals surface area contributed by atoms with Crippen LogP contribution in [0.3, 0.4) is 0 Å². The van der Waals surface area contributed by atoms with Crippen molar-refractivity contribution in [3.8, 4) is 0 Å². The van der Waals surface area contributed by atoms with Crippen LogP contribution >= 0.6 is 0 Å². The average Bonchev–Trinajstić information content (AvgIpc) is 2.23. The number of hydrogen-bond donors (Lipinski definition) is 1. The summed E-state index contributed by atoms with van der Waals surface area (Å²) in [5.41, 5.74) is 1.09. The molecule has 84 valence electrons. The number of rotatable bonds is 5. The van der Waals surface area contributed by atoms with Crippen LogP contribution in [-0.4, -0.2) is 16.0 Å². The lowest BCUT2D eigenvalue weighted by molar-refractivity contribution is 0.436. The summed E-state index contributed by atoms with van der Waals surface area (Å²) in [6.07, 6.45) is 6.07. The van der Waals surface area contributed by atoms with Gasteiger partial charge in [0.15, 0.2) is 0 Å². The maximum absolute atomic E-state index is 4.25. The predicted molar refractivity (Wildman–Crippen MR) is 63.9 cm³/mol. The second kappa shape index (κ2) is 5.69. The van der Waals surface area contributed by atoms with Gasteiger partial charge in [0.25, 0.3) is 0 Å². The first-order chi connectivity index (χ1) is 7.17. The van der Waals surface area contributed by atoms with Crippen molar-refractivity contribution in [1.82, 2.24) is 9.97 Å². The summed E-state index contributed by atoms with van der Waals surface area (Å²) < 4.78 is 0. The molecule has 0 bridgehead atoms. The molecule has 0 saturated heterocycles. The van der Waals surface area contributed by atoms with E-state index in [1.165, 1.54) is 12.8 Å². The van der Waals surface area contributed by atoms with Gasteiger partial charge in [0.05, 0.1) is 0 Å². The molecule has 15 heavy (non-hydrogen) atoms. The number of nitrogens with one attached hydrogen (secondary N) is 1. The van der Waals surface area contributed by atoms with Crippen LogP contribution in [0.1, 0.15) is 39.2 Å². The van der Waals surface area contributed by atoms with Gasteiger partial charge in [0, 0.05) is 18.4 Å². The Morgan fingerprint density at radius 2 is 1.73 bits per heavy atom. The predicted octanol–water partition coefficient (Wildman–Crippen LogP) is 3.02. The molecular formula is C12H21N3. The first-order valence-electron chi connectivity index (χ1n) is 5.72. The maximum atomic E-state index is 4.25. The molecule has 0 aliphatic rings. The Labute approximate surface area is 92.3 Å². The van der Waals surface area contributed by atoms with Crippen LogP contribution in [0.5, 0.6) is 0 Å². The van der Waals surface area contributed by atoms with Crippen molar-refractivity contribution in [3.05, 3.63) is 18.0 Å². The highest BCUT2D eigenvalue weighted by molar-refractivity contribution is 5.25. The van der Waals surface area contributed by atoms with E-state index >= 15 is 0 Å². The monoisotopic (exact) mass is 207 g/mol. The van der Waals surface area contributed by atoms with Crippen molar-refractivity contribution in [2.75, 3.05) is 5.32 Å². The van der Waals surface area contributed by atoms with Crippen molar-refractivity contribution >= 4 is 5.95 Å². The van der Waals surface area contributed by atoms with E-state index in [1.807, 2.05) is 19.3 Å². The van der Waals surface area contributed by atoms with E-state index in [0.717, 1.165) is 11.5 Å². The van der Waals surface area contributed by atoms with E-state index in [9.17, 15) is 0 Å². The van der Waals surface area contributed by atoms with Crippen molar-refractivity contribution in [2.24, 2.45) is 5.92 Å². The van der Waals surface area contributed by atoms with Gasteiger partial charge in [0.1, 0.15) is 0 Å². The fourth-order valence-corrected chi connectivity index (χ4v) is 1.78. The molecule has 0 fully saturated rings. The van der Waals surface area contributed by atoms with E-state index in [-0.39, 0.29) is 0 Å². The molecule has 1 heterocycles. The molecule has 1 unspecified atom stereocenters. The molecule has 3 nitrogen and oxygen atoms in total. The van der Waals surface area contributed by atoms with Crippen LogP contribution in [-0.2, 0) is 0 Å². The third kappa shape index (κ3) is 3.50. The topological polar surface area (TPSA) is 37.8 Å². The highest BCUT2D eigenvalue weighted by Gasteiger charge is 2.13. The summed E-state index contributed by atoms with van der Waals surface area (Å²) >= 11 is 0. The van der Waals surface area contributed by atoms with Crippen molar-refractivity contribution in [3.63, 3.8) is 0 Å². The lowest BCUT2D eigenvalue weighted by atomic mass is 9.96. The highest BCUT2D eigenvalue weighted by Crippen LogP contribution is 2.15. The summed E-state index contributed by atoms with van der Waals surface area (Å²) in [5.74, 6) is 1.43. The fourth-order valence-electron chi connectivity index (χ4n) is 1.78. The lowest BCUT2D eigenvalue weighted by Gasteiger charge is -2.22. The SMILES string of the molecule is CCC(CC)C(C)Nc1ncc(C)cn1. The number of aryl methyl sites for hydroxylation is 1. The van der Waals surface area contributed by atoms with Crippen LogP contribution in [0.2, 0.25) is 0 Å². The van der Waals surface area contributed by atoms with Gasteiger partial charge in [-0.3, -0.25) is 0 Å². The Hall–Kier alpha value is -1.12. The van der Waals surface area contributed by atoms with Crippen molar-refractivity contribution < 1.29 is 0 Å². The van der Waals surface area contributed by atoms with E-state index < -0.39 is 0 Å². The highest BCUT2D eigenvalue weighted by atomic mass is 15.1. The van der Waals surface area contributed by atoms with Crippen LogP contribution in [0.25, 0.3) is 0 Å². The smallest absolute Gasteiger partial charge is 0.222 e. The molecule has 1 atom stereocenters. The van der Waals surface area contributed by atoms with E-state index in [4.69, 9.17) is 0 Å². The van der Waals surface area contributed by atoms with Crippen molar-refractivity contribution in [2.45, 2.75) is 46.6 Å². The molecule has 1 aromatic rings. The minimum Gasteiger partial charge on any atom is -0.351 e. The van der Waals surface area contributed by atoms with Gasteiger partial charge < -0.3 is 5.32 Å². The Kier molecular flexibility index (Phi) is 4.53. The van der Waals surface area contributed by atoms with Gasteiger partial charge in [-0.1, -0.05) is 26.7 Å². The molecule has 0 aliphatic heterocycles. The van der Waals surface area contributed by atoms with Crippen LogP contribution < -0.4 is 5.32 Å². The number of hydrogen-bond acceptors (Lipinski definition) is 3. The Balaban J connectivity index is 2.57. The van der Waals surface area contributed by atoms with Gasteiger partial charge >= 0.3 is 0 Å². The molecule has 0 aromatic carbocycles. The minimum absolute atomic E-state index is 0.433. The molecule has 3 heteroatoms. The van der Waals surface area contributed by atoms with E-state index in [1.54, 1.807) is 0 Å². The molecule has 0 spiro atoms. The Bertz CT molecular complexity index is 277. The van der Waals surface area contributed by atoms with E-state index in [0.29, 0.717) is 12.0 Å². The van der Waals surface area contributed by atoms with Gasteiger partial charge in [-0.25, -0.2) is 9.97 Å². The molecule has 1 N–H and O–H groups in total. The van der Waals surface area contributed by atoms with Crippen LogP contribution in [0, 0.1) is 12.8 Å². The van der Waals surface area contributed by atoms with Gasteiger partial charge in [-0.15, -0.1) is 0 Å². The summed E-state index contributed by atoms with van der Waals surface area (Å²) in [6, 6.07) is 0.433. The summed E-state index contributed by atoms with van der Waals surface area (Å²) in [7, 11) is 0. The summed E-state index contributed by atoms with van der Waals surface area (Å²) in [4.78, 5) is 8.49. The largest absolute Gasteiger partial charge is 0.351 e. The maximum Gasteiger partial charge on any atom is 0.222 e. The molecule has 1 rings (SSSR count). The van der Waals surface area contributed by atoms with Gasteiger partial charge in [0.2, 0.25) is 5.95 Å². The van der Waals surface area contributed by atoms with Crippen LogP contribution in [0.4, 0.5) is 5.95 Å². The zero-order valence-corrected chi connectivity index (χ0v) is 10.1. The second-order valence-electron chi connectivity index (χ2n) is 4.09.